The van der Waals surface area contributed by atoms with E-state index in [-0.39, 0.29) is 0 Å². The SMILES string of the molecule is COc1cc(C(C)(O)c2ccnn2C)cc(OC)c1OC. The standard InChI is InChI=1S/C15H20N2O4/c1-15(18,13-6-7-16-17(13)2)10-8-11(19-3)14(21-5)12(9-10)20-4/h6-9,18H,1-5H3. The van der Waals surface area contributed by atoms with Crippen LogP contribution in [0.3, 0.4) is 0 Å². The van der Waals surface area contributed by atoms with Crippen LogP contribution in [0.5, 0.6) is 17.2 Å². The zero-order chi connectivity index (χ0) is 15.6. The number of rotatable bonds is 5. The molecule has 0 saturated heterocycles. The number of nitrogens with zero attached hydrogens (tertiary/aromatic N) is 2. The molecule has 0 radical (unpaired) electrons. The van der Waals surface area contributed by atoms with Crippen LogP contribution in [0.4, 0.5) is 0 Å². The summed E-state index contributed by atoms with van der Waals surface area (Å²) in [7, 11) is 6.40. The van der Waals surface area contributed by atoms with E-state index >= 15 is 0 Å². The number of ether oxygens (including phenoxy) is 3. The first kappa shape index (κ1) is 15.2. The van der Waals surface area contributed by atoms with Gasteiger partial charge in [-0.15, -0.1) is 0 Å². The molecule has 0 fully saturated rings. The lowest BCUT2D eigenvalue weighted by molar-refractivity contribution is 0.0922. The van der Waals surface area contributed by atoms with Crippen molar-refractivity contribution in [1.29, 1.82) is 0 Å². The van der Waals surface area contributed by atoms with E-state index in [9.17, 15) is 5.11 Å². The maximum absolute atomic E-state index is 10.9. The van der Waals surface area contributed by atoms with Gasteiger partial charge in [0.05, 0.1) is 27.0 Å². The summed E-state index contributed by atoms with van der Waals surface area (Å²) in [6, 6.07) is 5.23. The summed E-state index contributed by atoms with van der Waals surface area (Å²) in [6.07, 6.45) is 1.64. The highest BCUT2D eigenvalue weighted by Crippen LogP contribution is 2.42. The molecule has 6 heteroatoms. The maximum atomic E-state index is 10.9. The normalized spacial score (nSPS) is 13.6. The van der Waals surface area contributed by atoms with Crippen molar-refractivity contribution in [3.63, 3.8) is 0 Å². The molecular formula is C15H20N2O4. The van der Waals surface area contributed by atoms with Crippen molar-refractivity contribution in [2.45, 2.75) is 12.5 Å². The fourth-order valence-corrected chi connectivity index (χ4v) is 2.36. The summed E-state index contributed by atoms with van der Waals surface area (Å²) in [6.45, 7) is 1.70. The van der Waals surface area contributed by atoms with E-state index in [0.717, 1.165) is 0 Å². The number of methoxy groups -OCH3 is 3. The molecule has 1 atom stereocenters. The Hall–Kier alpha value is -2.21. The number of aryl methyl sites for hydroxylation is 1. The summed E-state index contributed by atoms with van der Waals surface area (Å²) >= 11 is 0. The van der Waals surface area contributed by atoms with Gasteiger partial charge in [-0.1, -0.05) is 0 Å². The Morgan fingerprint density at radius 2 is 1.67 bits per heavy atom. The molecule has 21 heavy (non-hydrogen) atoms. The number of hydrogen-bond acceptors (Lipinski definition) is 5. The minimum Gasteiger partial charge on any atom is -0.493 e. The van der Waals surface area contributed by atoms with Gasteiger partial charge in [-0.05, 0) is 30.7 Å². The number of aliphatic hydroxyl groups is 1. The predicted molar refractivity (Wildman–Crippen MR) is 78.0 cm³/mol. The first-order chi connectivity index (χ1) is 9.95. The second-order valence-corrected chi connectivity index (χ2v) is 4.83. The molecule has 0 aliphatic heterocycles. The van der Waals surface area contributed by atoms with Gasteiger partial charge in [0, 0.05) is 13.2 Å². The Labute approximate surface area is 123 Å². The molecule has 0 aliphatic rings. The smallest absolute Gasteiger partial charge is 0.203 e. The molecule has 0 saturated carbocycles. The van der Waals surface area contributed by atoms with E-state index < -0.39 is 5.60 Å². The van der Waals surface area contributed by atoms with Crippen LogP contribution in [-0.2, 0) is 12.6 Å². The predicted octanol–water partition coefficient (Wildman–Crippen LogP) is 1.70. The fraction of sp³-hybridized carbons (Fsp3) is 0.400. The Morgan fingerprint density at radius 3 is 2.05 bits per heavy atom. The molecule has 2 rings (SSSR count). The first-order valence-corrected chi connectivity index (χ1v) is 6.47. The minimum absolute atomic E-state index is 0.490. The molecule has 6 nitrogen and oxygen atoms in total. The monoisotopic (exact) mass is 292 g/mol. The third-order valence-electron chi connectivity index (χ3n) is 3.55. The average molecular weight is 292 g/mol. The van der Waals surface area contributed by atoms with E-state index in [1.165, 1.54) is 0 Å². The van der Waals surface area contributed by atoms with Gasteiger partial charge in [0.15, 0.2) is 11.5 Å². The van der Waals surface area contributed by atoms with Crippen molar-refractivity contribution in [2.75, 3.05) is 21.3 Å². The van der Waals surface area contributed by atoms with Gasteiger partial charge in [-0.2, -0.15) is 5.10 Å². The van der Waals surface area contributed by atoms with Crippen LogP contribution in [0.2, 0.25) is 0 Å². The van der Waals surface area contributed by atoms with Gasteiger partial charge in [0.25, 0.3) is 0 Å². The Bertz CT molecular complexity index is 609. The van der Waals surface area contributed by atoms with E-state index in [4.69, 9.17) is 14.2 Å². The van der Waals surface area contributed by atoms with Gasteiger partial charge >= 0.3 is 0 Å². The Kier molecular flexibility index (Phi) is 4.09. The van der Waals surface area contributed by atoms with Crippen molar-refractivity contribution in [3.05, 3.63) is 35.7 Å². The van der Waals surface area contributed by atoms with Crippen LogP contribution in [0.25, 0.3) is 0 Å². The number of hydrogen-bond donors (Lipinski definition) is 1. The van der Waals surface area contributed by atoms with Crippen LogP contribution in [0.15, 0.2) is 24.4 Å². The third kappa shape index (κ3) is 2.54. The number of benzene rings is 1. The molecule has 0 bridgehead atoms. The number of aromatic nitrogens is 2. The highest BCUT2D eigenvalue weighted by atomic mass is 16.5. The van der Waals surface area contributed by atoms with Crippen LogP contribution in [0.1, 0.15) is 18.2 Å². The van der Waals surface area contributed by atoms with Gasteiger partial charge in [-0.3, -0.25) is 4.68 Å². The van der Waals surface area contributed by atoms with Crippen LogP contribution in [0, 0.1) is 0 Å². The third-order valence-corrected chi connectivity index (χ3v) is 3.55. The van der Waals surface area contributed by atoms with E-state index in [1.54, 1.807) is 64.4 Å². The second kappa shape index (κ2) is 5.65. The van der Waals surface area contributed by atoms with Crippen LogP contribution >= 0.6 is 0 Å². The van der Waals surface area contributed by atoms with E-state index in [1.807, 2.05) is 0 Å². The quantitative estimate of drug-likeness (QED) is 0.908. The van der Waals surface area contributed by atoms with Crippen molar-refractivity contribution in [3.8, 4) is 17.2 Å². The largest absolute Gasteiger partial charge is 0.493 e. The second-order valence-electron chi connectivity index (χ2n) is 4.83. The molecule has 2 aromatic rings. The average Bonchev–Trinajstić information content (AvgIpc) is 2.92. The molecule has 0 spiro atoms. The van der Waals surface area contributed by atoms with Crippen molar-refractivity contribution in [2.24, 2.45) is 7.05 Å². The first-order valence-electron chi connectivity index (χ1n) is 6.47. The van der Waals surface area contributed by atoms with Gasteiger partial charge < -0.3 is 19.3 Å². The fourth-order valence-electron chi connectivity index (χ4n) is 2.36. The summed E-state index contributed by atoms with van der Waals surface area (Å²) in [5, 5.41) is 15.0. The highest BCUT2D eigenvalue weighted by molar-refractivity contribution is 5.55. The van der Waals surface area contributed by atoms with Crippen LogP contribution in [-0.4, -0.2) is 36.2 Å². The Morgan fingerprint density at radius 1 is 1.10 bits per heavy atom. The van der Waals surface area contributed by atoms with Crippen molar-refractivity contribution < 1.29 is 19.3 Å². The molecule has 1 N–H and O–H groups in total. The lowest BCUT2D eigenvalue weighted by Crippen LogP contribution is -2.26. The molecule has 1 aromatic carbocycles. The molecule has 1 heterocycles. The van der Waals surface area contributed by atoms with Crippen LogP contribution < -0.4 is 14.2 Å². The van der Waals surface area contributed by atoms with Gasteiger partial charge in [0.2, 0.25) is 5.75 Å². The Balaban J connectivity index is 2.61. The summed E-state index contributed by atoms with van der Waals surface area (Å²) in [4.78, 5) is 0. The molecule has 1 unspecified atom stereocenters. The van der Waals surface area contributed by atoms with Crippen molar-refractivity contribution >= 4 is 0 Å². The molecule has 114 valence electrons. The molecular weight excluding hydrogens is 272 g/mol. The summed E-state index contributed by atoms with van der Waals surface area (Å²) in [5.41, 5.74) is 0.0512. The van der Waals surface area contributed by atoms with E-state index in [0.29, 0.717) is 28.5 Å². The van der Waals surface area contributed by atoms with E-state index in [2.05, 4.69) is 5.10 Å². The lowest BCUT2D eigenvalue weighted by atomic mass is 9.91. The lowest BCUT2D eigenvalue weighted by Gasteiger charge is -2.26. The molecule has 1 aromatic heterocycles. The topological polar surface area (TPSA) is 65.7 Å². The molecule has 0 aliphatic carbocycles. The van der Waals surface area contributed by atoms with Gasteiger partial charge in [-0.25, -0.2) is 0 Å². The summed E-state index contributed by atoms with van der Waals surface area (Å²) < 4.78 is 17.6. The van der Waals surface area contributed by atoms with Gasteiger partial charge in [0.1, 0.15) is 5.60 Å². The maximum Gasteiger partial charge on any atom is 0.203 e. The summed E-state index contributed by atoms with van der Waals surface area (Å²) in [5.74, 6) is 1.48. The highest BCUT2D eigenvalue weighted by Gasteiger charge is 2.31. The van der Waals surface area contributed by atoms with Crippen molar-refractivity contribution in [1.82, 2.24) is 9.78 Å². The molecule has 0 amide bonds. The zero-order valence-electron chi connectivity index (χ0n) is 12.9. The minimum atomic E-state index is -1.24. The zero-order valence-corrected chi connectivity index (χ0v) is 12.9.